The lowest BCUT2D eigenvalue weighted by atomic mass is 10.1. The van der Waals surface area contributed by atoms with Gasteiger partial charge in [-0.25, -0.2) is 4.98 Å². The van der Waals surface area contributed by atoms with Crippen molar-refractivity contribution in [2.75, 3.05) is 12.4 Å². The number of aromatic nitrogens is 2. The summed E-state index contributed by atoms with van der Waals surface area (Å²) in [6, 6.07) is 7.27. The van der Waals surface area contributed by atoms with Crippen molar-refractivity contribution in [3.05, 3.63) is 48.0 Å². The van der Waals surface area contributed by atoms with Crippen molar-refractivity contribution in [3.63, 3.8) is 0 Å². The maximum atomic E-state index is 12.1. The van der Waals surface area contributed by atoms with E-state index in [0.717, 1.165) is 17.9 Å². The maximum absolute atomic E-state index is 12.1. The van der Waals surface area contributed by atoms with Crippen molar-refractivity contribution in [1.29, 1.82) is 0 Å². The Kier molecular flexibility index (Phi) is 4.18. The van der Waals surface area contributed by atoms with Crippen molar-refractivity contribution in [2.24, 2.45) is 0 Å². The van der Waals surface area contributed by atoms with Crippen LogP contribution < -0.4 is 10.6 Å². The third-order valence-electron chi connectivity index (χ3n) is 3.00. The zero-order valence-electron chi connectivity index (χ0n) is 11.1. The quantitative estimate of drug-likeness (QED) is 0.771. The fourth-order valence-electron chi connectivity index (χ4n) is 1.86. The van der Waals surface area contributed by atoms with Gasteiger partial charge in [0.25, 0.3) is 5.91 Å². The number of imidazole rings is 1. The molecule has 1 atom stereocenters. The van der Waals surface area contributed by atoms with Gasteiger partial charge in [0.05, 0.1) is 6.04 Å². The molecule has 5 nitrogen and oxygen atoms in total. The van der Waals surface area contributed by atoms with Gasteiger partial charge in [0.2, 0.25) is 0 Å². The number of carbonyl (C=O) groups is 1. The number of aromatic amines is 1. The molecule has 0 aliphatic carbocycles. The van der Waals surface area contributed by atoms with Gasteiger partial charge in [-0.15, -0.1) is 0 Å². The highest BCUT2D eigenvalue weighted by atomic mass is 16.1. The summed E-state index contributed by atoms with van der Waals surface area (Å²) in [5.74, 6) is 0.689. The number of amides is 1. The van der Waals surface area contributed by atoms with E-state index in [9.17, 15) is 4.79 Å². The van der Waals surface area contributed by atoms with Crippen LogP contribution in [-0.4, -0.2) is 22.9 Å². The lowest BCUT2D eigenvalue weighted by Crippen LogP contribution is -2.28. The second-order valence-electron chi connectivity index (χ2n) is 4.24. The minimum absolute atomic E-state index is 0.0912. The van der Waals surface area contributed by atoms with E-state index in [1.807, 2.05) is 26.1 Å². The summed E-state index contributed by atoms with van der Waals surface area (Å²) < 4.78 is 0. The molecular weight excluding hydrogens is 240 g/mol. The normalized spacial score (nSPS) is 11.9. The second kappa shape index (κ2) is 6.04. The van der Waals surface area contributed by atoms with Gasteiger partial charge in [-0.1, -0.05) is 6.92 Å². The summed E-state index contributed by atoms with van der Waals surface area (Å²) in [6.07, 6.45) is 4.23. The number of rotatable bonds is 5. The van der Waals surface area contributed by atoms with Crippen LogP contribution in [0.15, 0.2) is 36.7 Å². The van der Waals surface area contributed by atoms with Crippen LogP contribution in [-0.2, 0) is 0 Å². The van der Waals surface area contributed by atoms with E-state index in [1.54, 1.807) is 24.5 Å². The maximum Gasteiger partial charge on any atom is 0.251 e. The highest BCUT2D eigenvalue weighted by Crippen LogP contribution is 2.14. The van der Waals surface area contributed by atoms with Gasteiger partial charge in [0.1, 0.15) is 5.82 Å². The number of hydrogen-bond donors (Lipinski definition) is 3. The Balaban J connectivity index is 2.06. The van der Waals surface area contributed by atoms with Crippen LogP contribution in [0.4, 0.5) is 5.69 Å². The van der Waals surface area contributed by atoms with E-state index in [-0.39, 0.29) is 11.9 Å². The molecule has 0 spiro atoms. The highest BCUT2D eigenvalue weighted by molar-refractivity contribution is 5.94. The van der Waals surface area contributed by atoms with E-state index in [1.165, 1.54) is 0 Å². The molecule has 0 saturated heterocycles. The second-order valence-corrected chi connectivity index (χ2v) is 4.24. The smallest absolute Gasteiger partial charge is 0.251 e. The van der Waals surface area contributed by atoms with Gasteiger partial charge in [0.15, 0.2) is 0 Å². The number of hydrogen-bond acceptors (Lipinski definition) is 3. The summed E-state index contributed by atoms with van der Waals surface area (Å²) in [5, 5.41) is 5.99. The molecule has 1 aromatic carbocycles. The number of benzene rings is 1. The minimum Gasteiger partial charge on any atom is -0.388 e. The van der Waals surface area contributed by atoms with Gasteiger partial charge >= 0.3 is 0 Å². The van der Waals surface area contributed by atoms with Crippen molar-refractivity contribution in [2.45, 2.75) is 19.4 Å². The van der Waals surface area contributed by atoms with Crippen molar-refractivity contribution < 1.29 is 4.79 Å². The molecule has 1 unspecified atom stereocenters. The van der Waals surface area contributed by atoms with Crippen LogP contribution in [0.5, 0.6) is 0 Å². The molecule has 1 amide bonds. The average Bonchev–Trinajstić information content (AvgIpc) is 2.98. The van der Waals surface area contributed by atoms with Gasteiger partial charge < -0.3 is 15.6 Å². The number of nitrogens with one attached hydrogen (secondary N) is 3. The standard InChI is InChI=1S/C14H18N4O/c1-3-12(13-16-8-9-17-13)18-14(19)10-4-6-11(15-2)7-5-10/h4-9,12,15H,3H2,1-2H3,(H,16,17)(H,18,19). The third-order valence-corrected chi connectivity index (χ3v) is 3.00. The molecule has 0 fully saturated rings. The zero-order chi connectivity index (χ0) is 13.7. The fraction of sp³-hybridized carbons (Fsp3) is 0.286. The molecule has 19 heavy (non-hydrogen) atoms. The van der Waals surface area contributed by atoms with E-state index in [0.29, 0.717) is 5.56 Å². The molecule has 0 saturated carbocycles. The molecule has 0 aliphatic heterocycles. The van der Waals surface area contributed by atoms with Crippen LogP contribution in [0, 0.1) is 0 Å². The van der Waals surface area contributed by atoms with Crippen molar-refractivity contribution >= 4 is 11.6 Å². The first-order chi connectivity index (χ1) is 9.24. The zero-order valence-corrected chi connectivity index (χ0v) is 11.1. The first-order valence-electron chi connectivity index (χ1n) is 6.32. The molecular formula is C14H18N4O. The molecule has 2 rings (SSSR count). The molecule has 2 aromatic rings. The van der Waals surface area contributed by atoms with E-state index >= 15 is 0 Å². The molecule has 3 N–H and O–H groups in total. The molecule has 1 heterocycles. The molecule has 100 valence electrons. The number of anilines is 1. The minimum atomic E-state index is -0.0918. The predicted molar refractivity (Wildman–Crippen MR) is 75.1 cm³/mol. The predicted octanol–water partition coefficient (Wildman–Crippen LogP) is 2.33. The topological polar surface area (TPSA) is 69.8 Å². The molecule has 0 bridgehead atoms. The molecule has 0 aliphatic rings. The third kappa shape index (κ3) is 3.13. The Labute approximate surface area is 112 Å². The van der Waals surface area contributed by atoms with Crippen LogP contribution in [0.25, 0.3) is 0 Å². The fourth-order valence-corrected chi connectivity index (χ4v) is 1.86. The molecule has 1 aromatic heterocycles. The number of carbonyl (C=O) groups excluding carboxylic acids is 1. The Hall–Kier alpha value is -2.30. The Morgan fingerprint density at radius 2 is 2.11 bits per heavy atom. The van der Waals surface area contributed by atoms with Gasteiger partial charge in [-0.3, -0.25) is 4.79 Å². The van der Waals surface area contributed by atoms with Crippen LogP contribution >= 0.6 is 0 Å². The summed E-state index contributed by atoms with van der Waals surface area (Å²) in [5.41, 5.74) is 1.62. The van der Waals surface area contributed by atoms with Gasteiger partial charge in [-0.05, 0) is 30.7 Å². The Morgan fingerprint density at radius 1 is 1.37 bits per heavy atom. The number of H-pyrrole nitrogens is 1. The first-order valence-corrected chi connectivity index (χ1v) is 6.32. The average molecular weight is 258 g/mol. The monoisotopic (exact) mass is 258 g/mol. The van der Waals surface area contributed by atoms with Crippen LogP contribution in [0.2, 0.25) is 0 Å². The highest BCUT2D eigenvalue weighted by Gasteiger charge is 2.15. The summed E-state index contributed by atoms with van der Waals surface area (Å²) >= 11 is 0. The van der Waals surface area contributed by atoms with Crippen molar-refractivity contribution in [1.82, 2.24) is 15.3 Å². The first kappa shape index (κ1) is 13.1. The van der Waals surface area contributed by atoms with E-state index in [2.05, 4.69) is 20.6 Å². The van der Waals surface area contributed by atoms with Crippen molar-refractivity contribution in [3.8, 4) is 0 Å². The summed E-state index contributed by atoms with van der Waals surface area (Å²) in [7, 11) is 1.85. The van der Waals surface area contributed by atoms with E-state index < -0.39 is 0 Å². The lowest BCUT2D eigenvalue weighted by molar-refractivity contribution is 0.0934. The van der Waals surface area contributed by atoms with E-state index in [4.69, 9.17) is 0 Å². The molecule has 5 heteroatoms. The lowest BCUT2D eigenvalue weighted by Gasteiger charge is -2.14. The molecule has 0 radical (unpaired) electrons. The van der Waals surface area contributed by atoms with Gasteiger partial charge in [0, 0.05) is 30.7 Å². The SMILES string of the molecule is CCC(NC(=O)c1ccc(NC)cc1)c1ncc[nH]1. The van der Waals surface area contributed by atoms with Crippen LogP contribution in [0.3, 0.4) is 0 Å². The van der Waals surface area contributed by atoms with Gasteiger partial charge in [-0.2, -0.15) is 0 Å². The Morgan fingerprint density at radius 3 is 2.63 bits per heavy atom. The summed E-state index contributed by atoms with van der Waals surface area (Å²) in [4.78, 5) is 19.3. The largest absolute Gasteiger partial charge is 0.388 e. The number of nitrogens with zero attached hydrogens (tertiary/aromatic N) is 1. The summed E-state index contributed by atoms with van der Waals surface area (Å²) in [6.45, 7) is 2.01. The Bertz CT molecular complexity index is 519. The van der Waals surface area contributed by atoms with Crippen LogP contribution in [0.1, 0.15) is 35.6 Å².